The van der Waals surface area contributed by atoms with E-state index in [2.05, 4.69) is 52.0 Å². The molecule has 3 aromatic carbocycles. The van der Waals surface area contributed by atoms with Crippen LogP contribution in [0.15, 0.2) is 95.5 Å². The molecular formula is C30H29N3O2. The molecule has 1 saturated carbocycles. The zero-order valence-electron chi connectivity index (χ0n) is 19.8. The van der Waals surface area contributed by atoms with Gasteiger partial charge in [0.25, 0.3) is 0 Å². The number of hydrogen-bond donors (Lipinski definition) is 3. The average Bonchev–Trinajstić information content (AvgIpc) is 3.34. The molecule has 0 aliphatic heterocycles. The normalized spacial score (nSPS) is 19.0. The molecule has 3 atom stereocenters. The second-order valence-electron chi connectivity index (χ2n) is 9.81. The van der Waals surface area contributed by atoms with Gasteiger partial charge in [0.15, 0.2) is 0 Å². The molecule has 2 aromatic heterocycles. The predicted octanol–water partition coefficient (Wildman–Crippen LogP) is 5.68. The first-order valence-electron chi connectivity index (χ1n) is 12.2. The van der Waals surface area contributed by atoms with Crippen molar-refractivity contribution in [2.75, 3.05) is 0 Å². The molecule has 35 heavy (non-hydrogen) atoms. The van der Waals surface area contributed by atoms with E-state index in [4.69, 9.17) is 4.42 Å². The lowest BCUT2D eigenvalue weighted by atomic mass is 9.91. The van der Waals surface area contributed by atoms with Crippen LogP contribution in [0, 0.1) is 0 Å². The molecule has 3 unspecified atom stereocenters. The van der Waals surface area contributed by atoms with E-state index in [9.17, 15) is 4.79 Å². The standard InChI is InChI=1S/C30H29N3O2/c1-30(17-22-18-31-26-13-7-6-12-24(22)26,32-19-23-15-21-11-5-8-14-28(21)35-23)29(34)33-27-16-25(27)20-9-3-2-4-10-20/h2-15,18,25,27,31-32H,16-17,19H2,1H3,(H,33,34). The van der Waals surface area contributed by atoms with Gasteiger partial charge in [-0.15, -0.1) is 0 Å². The van der Waals surface area contributed by atoms with Crippen molar-refractivity contribution in [1.82, 2.24) is 15.6 Å². The van der Waals surface area contributed by atoms with Crippen molar-refractivity contribution in [3.63, 3.8) is 0 Å². The van der Waals surface area contributed by atoms with Crippen molar-refractivity contribution >= 4 is 27.8 Å². The third kappa shape index (κ3) is 4.35. The summed E-state index contributed by atoms with van der Waals surface area (Å²) in [5, 5.41) is 9.08. The van der Waals surface area contributed by atoms with Crippen LogP contribution in [0.1, 0.15) is 36.1 Å². The van der Waals surface area contributed by atoms with E-state index in [0.717, 1.165) is 39.6 Å². The van der Waals surface area contributed by atoms with Crippen molar-refractivity contribution in [3.8, 4) is 0 Å². The van der Waals surface area contributed by atoms with Gasteiger partial charge in [-0.05, 0) is 42.7 Å². The summed E-state index contributed by atoms with van der Waals surface area (Å²) < 4.78 is 6.02. The van der Waals surface area contributed by atoms with E-state index in [1.165, 1.54) is 5.56 Å². The monoisotopic (exact) mass is 463 g/mol. The Balaban J connectivity index is 1.24. The average molecular weight is 464 g/mol. The van der Waals surface area contributed by atoms with Crippen LogP contribution in [0.2, 0.25) is 0 Å². The first kappa shape index (κ1) is 21.7. The zero-order chi connectivity index (χ0) is 23.8. The van der Waals surface area contributed by atoms with Crippen molar-refractivity contribution < 1.29 is 9.21 Å². The van der Waals surface area contributed by atoms with Gasteiger partial charge in [-0.3, -0.25) is 10.1 Å². The highest BCUT2D eigenvalue weighted by molar-refractivity contribution is 5.89. The fraction of sp³-hybridized carbons (Fsp3) is 0.233. The van der Waals surface area contributed by atoms with Crippen molar-refractivity contribution in [2.24, 2.45) is 0 Å². The number of hydrogen-bond acceptors (Lipinski definition) is 3. The molecule has 1 fully saturated rings. The van der Waals surface area contributed by atoms with Crippen LogP contribution < -0.4 is 10.6 Å². The maximum absolute atomic E-state index is 13.7. The molecule has 176 valence electrons. The van der Waals surface area contributed by atoms with Crippen LogP contribution in [0.4, 0.5) is 0 Å². The van der Waals surface area contributed by atoms with Crippen LogP contribution in [0.3, 0.4) is 0 Å². The quantitative estimate of drug-likeness (QED) is 0.277. The third-order valence-corrected chi connectivity index (χ3v) is 7.18. The highest BCUT2D eigenvalue weighted by atomic mass is 16.3. The second-order valence-corrected chi connectivity index (χ2v) is 9.81. The molecule has 1 amide bonds. The second kappa shape index (κ2) is 8.75. The SMILES string of the molecule is CC(Cc1c[nH]c2ccccc12)(NCc1cc2ccccc2o1)C(=O)NC1CC1c1ccccc1. The molecule has 0 bridgehead atoms. The Kier molecular flexibility index (Phi) is 5.42. The number of amides is 1. The van der Waals surface area contributed by atoms with E-state index in [1.54, 1.807) is 0 Å². The molecule has 3 N–H and O–H groups in total. The summed E-state index contributed by atoms with van der Waals surface area (Å²) >= 11 is 0. The highest BCUT2D eigenvalue weighted by Crippen LogP contribution is 2.41. The lowest BCUT2D eigenvalue weighted by Gasteiger charge is -2.29. The fourth-order valence-corrected chi connectivity index (χ4v) is 5.04. The van der Waals surface area contributed by atoms with Gasteiger partial charge in [0.1, 0.15) is 11.3 Å². The van der Waals surface area contributed by atoms with Crippen LogP contribution in [-0.2, 0) is 17.8 Å². The Hall–Kier alpha value is -3.83. The van der Waals surface area contributed by atoms with Crippen LogP contribution in [-0.4, -0.2) is 22.5 Å². The maximum atomic E-state index is 13.7. The number of aromatic nitrogens is 1. The number of aromatic amines is 1. The minimum Gasteiger partial charge on any atom is -0.460 e. The van der Waals surface area contributed by atoms with Gasteiger partial charge in [0, 0.05) is 40.9 Å². The number of para-hydroxylation sites is 2. The zero-order valence-corrected chi connectivity index (χ0v) is 19.8. The predicted molar refractivity (Wildman–Crippen MR) is 139 cm³/mol. The summed E-state index contributed by atoms with van der Waals surface area (Å²) in [4.78, 5) is 17.1. The van der Waals surface area contributed by atoms with E-state index >= 15 is 0 Å². The first-order valence-corrected chi connectivity index (χ1v) is 12.2. The molecule has 0 saturated heterocycles. The van der Waals surface area contributed by atoms with Gasteiger partial charge in [0.2, 0.25) is 5.91 Å². The molecule has 5 nitrogen and oxygen atoms in total. The number of carbonyl (C=O) groups is 1. The number of carbonyl (C=O) groups excluding carboxylic acids is 1. The number of rotatable bonds is 8. The lowest BCUT2D eigenvalue weighted by molar-refractivity contribution is -0.127. The number of nitrogens with one attached hydrogen (secondary N) is 3. The van der Waals surface area contributed by atoms with Crippen molar-refractivity contribution in [3.05, 3.63) is 108 Å². The van der Waals surface area contributed by atoms with Gasteiger partial charge in [-0.2, -0.15) is 0 Å². The van der Waals surface area contributed by atoms with Crippen LogP contribution >= 0.6 is 0 Å². The van der Waals surface area contributed by atoms with Crippen molar-refractivity contribution in [1.29, 1.82) is 0 Å². The Labute approximate surface area is 204 Å². The summed E-state index contributed by atoms with van der Waals surface area (Å²) in [6.07, 6.45) is 3.55. The topological polar surface area (TPSA) is 70.1 Å². The molecule has 5 aromatic rings. The highest BCUT2D eigenvalue weighted by Gasteiger charge is 2.43. The Morgan fingerprint density at radius 3 is 2.66 bits per heavy atom. The van der Waals surface area contributed by atoms with E-state index in [1.807, 2.05) is 61.7 Å². The van der Waals surface area contributed by atoms with E-state index in [0.29, 0.717) is 18.9 Å². The van der Waals surface area contributed by atoms with E-state index in [-0.39, 0.29) is 11.9 Å². The minimum absolute atomic E-state index is 0.0160. The summed E-state index contributed by atoms with van der Waals surface area (Å²) in [6, 6.07) is 28.8. The van der Waals surface area contributed by atoms with E-state index < -0.39 is 5.54 Å². The Morgan fingerprint density at radius 1 is 1.03 bits per heavy atom. The molecule has 5 heteroatoms. The Bertz CT molecular complexity index is 1450. The largest absolute Gasteiger partial charge is 0.460 e. The van der Waals surface area contributed by atoms with Gasteiger partial charge in [-0.25, -0.2) is 0 Å². The number of furan rings is 1. The summed E-state index contributed by atoms with van der Waals surface area (Å²) in [5.41, 5.74) is 3.52. The molecular weight excluding hydrogens is 434 g/mol. The first-order chi connectivity index (χ1) is 17.1. The smallest absolute Gasteiger partial charge is 0.240 e. The summed E-state index contributed by atoms with van der Waals surface area (Å²) in [5.74, 6) is 1.22. The van der Waals surface area contributed by atoms with Gasteiger partial charge < -0.3 is 14.7 Å². The minimum atomic E-state index is -0.812. The lowest BCUT2D eigenvalue weighted by Crippen LogP contribution is -2.56. The number of benzene rings is 3. The van der Waals surface area contributed by atoms with Crippen molar-refractivity contribution in [2.45, 2.75) is 43.8 Å². The molecule has 1 aliphatic rings. The molecule has 2 heterocycles. The number of fused-ring (bicyclic) bond motifs is 2. The Morgan fingerprint density at radius 2 is 1.80 bits per heavy atom. The fourth-order valence-electron chi connectivity index (χ4n) is 5.04. The summed E-state index contributed by atoms with van der Waals surface area (Å²) in [6.45, 7) is 2.46. The maximum Gasteiger partial charge on any atom is 0.240 e. The number of H-pyrrole nitrogens is 1. The van der Waals surface area contributed by atoms with Gasteiger partial charge >= 0.3 is 0 Å². The molecule has 0 radical (unpaired) electrons. The van der Waals surface area contributed by atoms with Gasteiger partial charge in [0.05, 0.1) is 12.1 Å². The van der Waals surface area contributed by atoms with Gasteiger partial charge in [-0.1, -0.05) is 66.7 Å². The third-order valence-electron chi connectivity index (χ3n) is 7.18. The van der Waals surface area contributed by atoms with Crippen LogP contribution in [0.5, 0.6) is 0 Å². The molecule has 1 aliphatic carbocycles. The molecule has 0 spiro atoms. The van der Waals surface area contributed by atoms with Crippen LogP contribution in [0.25, 0.3) is 21.9 Å². The molecule has 6 rings (SSSR count). The summed E-state index contributed by atoms with van der Waals surface area (Å²) in [7, 11) is 0.